The van der Waals surface area contributed by atoms with Gasteiger partial charge in [0.2, 0.25) is 0 Å². The van der Waals surface area contributed by atoms with Crippen molar-refractivity contribution in [3.63, 3.8) is 0 Å². The second kappa shape index (κ2) is 8.37. The van der Waals surface area contributed by atoms with Gasteiger partial charge in [-0.1, -0.05) is 13.3 Å². The topological polar surface area (TPSA) is 127 Å². The Kier molecular flexibility index (Phi) is 8.01. The van der Waals surface area contributed by atoms with Gasteiger partial charge < -0.3 is 30.3 Å². The van der Waals surface area contributed by atoms with E-state index < -0.39 is 37.0 Å². The first-order valence-electron chi connectivity index (χ1n) is 5.45. The smallest absolute Gasteiger partial charge is 0.337 e. The number of carbonyl (C=O) groups excluding carboxylic acids is 1. The number of carbonyl (C=O) groups is 1. The van der Waals surface area contributed by atoms with Crippen molar-refractivity contribution in [2.45, 2.75) is 44.2 Å². The van der Waals surface area contributed by atoms with Gasteiger partial charge in [-0.3, -0.25) is 0 Å². The Morgan fingerprint density at radius 1 is 1.18 bits per heavy atom. The average Bonchev–Trinajstić information content (AvgIpc) is 2.35. The quantitative estimate of drug-likeness (QED) is 0.244. The number of rotatable bonds is 8. The minimum atomic E-state index is -1.96. The zero-order valence-corrected chi connectivity index (χ0v) is 9.69. The van der Waals surface area contributed by atoms with Crippen LogP contribution in [0.4, 0.5) is 0 Å². The molecule has 0 unspecified atom stereocenters. The first kappa shape index (κ1) is 16.3. The summed E-state index contributed by atoms with van der Waals surface area (Å²) in [5.41, 5.74) is 0. The van der Waals surface area contributed by atoms with Gasteiger partial charge in [-0.2, -0.15) is 0 Å². The van der Waals surface area contributed by atoms with Crippen LogP contribution in [0.5, 0.6) is 0 Å². The van der Waals surface area contributed by atoms with Crippen LogP contribution in [0.15, 0.2) is 0 Å². The molecule has 0 bridgehead atoms. The van der Waals surface area contributed by atoms with Crippen LogP contribution >= 0.6 is 0 Å². The molecule has 102 valence electrons. The van der Waals surface area contributed by atoms with Crippen molar-refractivity contribution < 1.29 is 35.1 Å². The van der Waals surface area contributed by atoms with E-state index in [2.05, 4.69) is 4.74 Å². The van der Waals surface area contributed by atoms with E-state index in [1.807, 2.05) is 6.92 Å². The van der Waals surface area contributed by atoms with Crippen molar-refractivity contribution in [2.75, 3.05) is 13.2 Å². The molecule has 0 aromatic heterocycles. The molecule has 0 radical (unpaired) electrons. The van der Waals surface area contributed by atoms with E-state index in [0.29, 0.717) is 6.42 Å². The summed E-state index contributed by atoms with van der Waals surface area (Å²) in [5, 5.41) is 45.5. The summed E-state index contributed by atoms with van der Waals surface area (Å²) in [6.07, 6.45) is -5.90. The fourth-order valence-corrected chi connectivity index (χ4v) is 1.06. The van der Waals surface area contributed by atoms with Crippen molar-refractivity contribution in [1.29, 1.82) is 0 Å². The largest absolute Gasteiger partial charge is 0.464 e. The number of aliphatic hydroxyl groups is 5. The lowest BCUT2D eigenvalue weighted by Gasteiger charge is -2.24. The molecule has 4 atom stereocenters. The number of aliphatic hydroxyl groups excluding tert-OH is 5. The third-order valence-corrected chi connectivity index (χ3v) is 2.24. The lowest BCUT2D eigenvalue weighted by atomic mass is 10.0. The van der Waals surface area contributed by atoms with Crippen molar-refractivity contribution in [3.8, 4) is 0 Å². The highest BCUT2D eigenvalue weighted by Crippen LogP contribution is 2.07. The summed E-state index contributed by atoms with van der Waals surface area (Å²) in [6, 6.07) is 0. The zero-order chi connectivity index (χ0) is 13.4. The standard InChI is InChI=1S/C10H20O7/c1-2-3-4-17-10(16)9(15)8(14)7(13)6(12)5-11/h6-9,11-15H,2-5H2,1H3/t6-,7+,8+,9-/m1/s1. The highest BCUT2D eigenvalue weighted by molar-refractivity contribution is 5.75. The van der Waals surface area contributed by atoms with E-state index in [9.17, 15) is 20.1 Å². The summed E-state index contributed by atoms with van der Waals surface area (Å²) in [5.74, 6) is -1.07. The highest BCUT2D eigenvalue weighted by Gasteiger charge is 2.34. The summed E-state index contributed by atoms with van der Waals surface area (Å²) in [6.45, 7) is 1.20. The molecule has 17 heavy (non-hydrogen) atoms. The van der Waals surface area contributed by atoms with Crippen LogP contribution in [0.25, 0.3) is 0 Å². The molecule has 7 heteroatoms. The van der Waals surface area contributed by atoms with Gasteiger partial charge in [-0.25, -0.2) is 4.79 Å². The molecule has 0 aromatic carbocycles. The fraction of sp³-hybridized carbons (Fsp3) is 0.900. The highest BCUT2D eigenvalue weighted by atomic mass is 16.5. The molecule has 0 saturated carbocycles. The number of esters is 1. The van der Waals surface area contributed by atoms with Crippen molar-refractivity contribution in [1.82, 2.24) is 0 Å². The summed E-state index contributed by atoms with van der Waals surface area (Å²) in [4.78, 5) is 11.2. The van der Waals surface area contributed by atoms with E-state index in [-0.39, 0.29) is 6.61 Å². The van der Waals surface area contributed by atoms with E-state index in [1.165, 1.54) is 0 Å². The predicted octanol–water partition coefficient (Wildman–Crippen LogP) is -2.23. The molecule has 0 aromatic rings. The minimum absolute atomic E-state index is 0.109. The van der Waals surface area contributed by atoms with E-state index >= 15 is 0 Å². The number of hydrogen-bond donors (Lipinski definition) is 5. The van der Waals surface area contributed by atoms with Gasteiger partial charge >= 0.3 is 5.97 Å². The first-order valence-corrected chi connectivity index (χ1v) is 5.45. The molecule has 0 fully saturated rings. The van der Waals surface area contributed by atoms with Crippen LogP contribution in [0, 0.1) is 0 Å². The molecule has 5 N–H and O–H groups in total. The molecule has 0 amide bonds. The van der Waals surface area contributed by atoms with Crippen LogP contribution in [-0.2, 0) is 9.53 Å². The second-order valence-electron chi connectivity index (χ2n) is 3.70. The summed E-state index contributed by atoms with van der Waals surface area (Å²) in [7, 11) is 0. The second-order valence-corrected chi connectivity index (χ2v) is 3.70. The van der Waals surface area contributed by atoms with Crippen molar-refractivity contribution >= 4 is 5.97 Å². The Hall–Kier alpha value is -0.730. The molecule has 0 rings (SSSR count). The summed E-state index contributed by atoms with van der Waals surface area (Å²) < 4.78 is 4.62. The summed E-state index contributed by atoms with van der Waals surface area (Å²) >= 11 is 0. The average molecular weight is 252 g/mol. The lowest BCUT2D eigenvalue weighted by molar-refractivity contribution is -0.170. The molecule has 0 aliphatic rings. The molecule has 7 nitrogen and oxygen atoms in total. The van der Waals surface area contributed by atoms with Gasteiger partial charge in [0.05, 0.1) is 13.2 Å². The molecule has 0 spiro atoms. The van der Waals surface area contributed by atoms with Crippen molar-refractivity contribution in [2.24, 2.45) is 0 Å². The maximum absolute atomic E-state index is 11.2. The Balaban J connectivity index is 4.18. The number of ether oxygens (including phenoxy) is 1. The van der Waals surface area contributed by atoms with Gasteiger partial charge in [0.1, 0.15) is 18.3 Å². The van der Waals surface area contributed by atoms with Crippen LogP contribution in [-0.4, -0.2) is 69.1 Å². The molecule has 0 aliphatic carbocycles. The van der Waals surface area contributed by atoms with E-state index in [0.717, 1.165) is 6.42 Å². The van der Waals surface area contributed by atoms with Crippen LogP contribution in [0.3, 0.4) is 0 Å². The van der Waals surface area contributed by atoms with E-state index in [1.54, 1.807) is 0 Å². The Bertz CT molecular complexity index is 221. The maximum Gasteiger partial charge on any atom is 0.337 e. The van der Waals surface area contributed by atoms with Gasteiger partial charge in [0, 0.05) is 0 Å². The normalized spacial score (nSPS) is 18.2. The SMILES string of the molecule is CCCCOC(=O)[C@H](O)[C@@H](O)[C@@H](O)[C@H](O)CO. The Labute approximate surface area is 99.3 Å². The molecule has 0 aliphatic heterocycles. The maximum atomic E-state index is 11.2. The third kappa shape index (κ3) is 5.42. The first-order chi connectivity index (χ1) is 7.95. The van der Waals surface area contributed by atoms with Crippen LogP contribution in [0.2, 0.25) is 0 Å². The Morgan fingerprint density at radius 2 is 1.76 bits per heavy atom. The van der Waals surface area contributed by atoms with Gasteiger partial charge in [-0.15, -0.1) is 0 Å². The van der Waals surface area contributed by atoms with Gasteiger partial charge in [0.15, 0.2) is 6.10 Å². The minimum Gasteiger partial charge on any atom is -0.464 e. The van der Waals surface area contributed by atoms with Gasteiger partial charge in [0.25, 0.3) is 0 Å². The third-order valence-electron chi connectivity index (χ3n) is 2.24. The van der Waals surface area contributed by atoms with Crippen LogP contribution in [0.1, 0.15) is 19.8 Å². The number of unbranched alkanes of at least 4 members (excludes halogenated alkanes) is 1. The van der Waals surface area contributed by atoms with Crippen LogP contribution < -0.4 is 0 Å². The molecular formula is C10H20O7. The molecular weight excluding hydrogens is 232 g/mol. The molecule has 0 saturated heterocycles. The fourth-order valence-electron chi connectivity index (χ4n) is 1.06. The lowest BCUT2D eigenvalue weighted by Crippen LogP contribution is -2.49. The van der Waals surface area contributed by atoms with E-state index in [4.69, 9.17) is 10.2 Å². The van der Waals surface area contributed by atoms with Crippen molar-refractivity contribution in [3.05, 3.63) is 0 Å². The monoisotopic (exact) mass is 252 g/mol. The zero-order valence-electron chi connectivity index (χ0n) is 9.69. The number of hydrogen-bond acceptors (Lipinski definition) is 7. The van der Waals surface area contributed by atoms with Gasteiger partial charge in [-0.05, 0) is 6.42 Å². The Morgan fingerprint density at radius 3 is 2.24 bits per heavy atom. The predicted molar refractivity (Wildman–Crippen MR) is 57.0 cm³/mol. The molecule has 0 heterocycles.